The van der Waals surface area contributed by atoms with Crippen LogP contribution in [0.15, 0.2) is 18.2 Å². The fourth-order valence-electron chi connectivity index (χ4n) is 9.74. The van der Waals surface area contributed by atoms with E-state index in [-0.39, 0.29) is 42.8 Å². The molecule has 0 aromatic heterocycles. The molecule has 5 aliphatic heterocycles. The zero-order chi connectivity index (χ0) is 38.6. The highest BCUT2D eigenvalue weighted by atomic mass is 32.2. The van der Waals surface area contributed by atoms with Crippen molar-refractivity contribution in [2.75, 3.05) is 48.3 Å². The zero-order valence-corrected chi connectivity index (χ0v) is 32.3. The van der Waals surface area contributed by atoms with Crippen molar-refractivity contribution >= 4 is 23.7 Å². The maximum atomic E-state index is 14.9. The second-order valence-corrected chi connectivity index (χ2v) is 16.2. The highest BCUT2D eigenvalue weighted by Gasteiger charge is 2.65. The van der Waals surface area contributed by atoms with Crippen molar-refractivity contribution in [3.63, 3.8) is 0 Å². The summed E-state index contributed by atoms with van der Waals surface area (Å²) in [6, 6.07) is 3.69. The molecule has 0 aliphatic carbocycles. The first-order valence-corrected chi connectivity index (χ1v) is 18.7. The Balaban J connectivity index is 1.52. The minimum absolute atomic E-state index is 0.0482. The number of cyclic esters (lactones) is 1. The molecular formula is C39H45N3O11S. The molecule has 54 heavy (non-hydrogen) atoms. The molecule has 0 radical (unpaired) electrons. The minimum atomic E-state index is -1.59. The normalized spacial score (nSPS) is 28.1. The second-order valence-electron chi connectivity index (χ2n) is 14.9. The van der Waals surface area contributed by atoms with Gasteiger partial charge >= 0.3 is 11.9 Å². The number of aliphatic hydroxyl groups is 1. The molecule has 1 unspecified atom stereocenters. The Morgan fingerprint density at radius 3 is 2.44 bits per heavy atom. The molecule has 0 fully saturated rings. The fourth-order valence-corrected chi connectivity index (χ4v) is 11.6. The van der Waals surface area contributed by atoms with Crippen LogP contribution in [0.2, 0.25) is 0 Å². The summed E-state index contributed by atoms with van der Waals surface area (Å²) in [5, 5.41) is 38.3. The summed E-state index contributed by atoms with van der Waals surface area (Å²) in [6.07, 6.45) is -0.540. The number of rotatable bonds is 4. The first-order valence-electron chi connectivity index (χ1n) is 17.9. The van der Waals surface area contributed by atoms with Gasteiger partial charge < -0.3 is 48.6 Å². The zero-order valence-electron chi connectivity index (χ0n) is 31.5. The van der Waals surface area contributed by atoms with Gasteiger partial charge in [-0.15, -0.1) is 11.8 Å². The van der Waals surface area contributed by atoms with Gasteiger partial charge in [0, 0.05) is 47.7 Å². The Hall–Kier alpha value is -4.41. The van der Waals surface area contributed by atoms with E-state index >= 15 is 0 Å². The third kappa shape index (κ3) is 4.94. The number of nitrogens with one attached hydrogen (secondary N) is 1. The number of carbonyl (C=O) groups excluding carboxylic acids is 2. The van der Waals surface area contributed by atoms with Gasteiger partial charge in [0.1, 0.15) is 18.6 Å². The van der Waals surface area contributed by atoms with E-state index in [9.17, 15) is 24.9 Å². The standard InChI is InChI=1S/C39H45N3O11S/c1-17-11-21-13-26(45)42-23-15-50-37(47)39(22-14-25(48-7)24(44)12-20(22)9-10-40-39)54-36(38(42,4)35(41(5)6)27(21)30(46)31(17)49-8)29-28(23)34-33(51-16-52-34)18(2)32(29)53-19(3)43/h11-12,14,23,26,35-36,40,44-46H,9-10,13,15-16H2,1-8H3/t23-,26-,35-,36?,38+,39-/m1/s1. The summed E-state index contributed by atoms with van der Waals surface area (Å²) < 4.78 is 36.1. The number of hydrogen-bond donors (Lipinski definition) is 4. The summed E-state index contributed by atoms with van der Waals surface area (Å²) >= 11 is 1.26. The minimum Gasteiger partial charge on any atom is -0.504 e. The Kier molecular flexibility index (Phi) is 8.69. The fraction of sp³-hybridized carbons (Fsp3) is 0.487. The number of carbonyl (C=O) groups is 2. The first kappa shape index (κ1) is 36.6. The number of aliphatic hydroxyl groups excluding tert-OH is 1. The summed E-state index contributed by atoms with van der Waals surface area (Å²) in [6.45, 7) is 7.04. The van der Waals surface area contributed by atoms with E-state index in [1.807, 2.05) is 43.8 Å². The molecule has 3 aromatic carbocycles. The van der Waals surface area contributed by atoms with Gasteiger partial charge in [-0.25, -0.2) is 4.79 Å². The number of aryl methyl sites for hydroxylation is 1. The van der Waals surface area contributed by atoms with Crippen LogP contribution >= 0.6 is 11.8 Å². The highest BCUT2D eigenvalue weighted by molar-refractivity contribution is 8.01. The Bertz CT molecular complexity index is 2110. The van der Waals surface area contributed by atoms with E-state index in [2.05, 4.69) is 5.32 Å². The van der Waals surface area contributed by atoms with Crippen LogP contribution in [0.1, 0.15) is 75.7 Å². The largest absolute Gasteiger partial charge is 0.504 e. The van der Waals surface area contributed by atoms with Gasteiger partial charge in [-0.2, -0.15) is 0 Å². The van der Waals surface area contributed by atoms with E-state index in [1.54, 1.807) is 19.1 Å². The van der Waals surface area contributed by atoms with Crippen LogP contribution in [0, 0.1) is 13.8 Å². The molecule has 5 heterocycles. The Labute approximate surface area is 317 Å². The topological polar surface area (TPSA) is 169 Å². The SMILES string of the molecule is COc1cc2c(cc1O)CCN[C@@]21SC2c3c(OC(C)=O)c(C)c4c(c3[C@@H](COC1=O)N1[C@H](O)Cc3cc(C)c(OC)c(O)c3[C@@H](N(C)C)[C@@]21C)OCO4. The molecule has 0 saturated carbocycles. The molecule has 14 nitrogen and oxygen atoms in total. The number of thioether (sulfide) groups is 1. The maximum Gasteiger partial charge on any atom is 0.341 e. The highest BCUT2D eigenvalue weighted by Crippen LogP contribution is 2.69. The van der Waals surface area contributed by atoms with E-state index in [4.69, 9.17) is 28.4 Å². The van der Waals surface area contributed by atoms with Crippen molar-refractivity contribution in [3.8, 4) is 40.2 Å². The Morgan fingerprint density at radius 1 is 1.02 bits per heavy atom. The molecule has 0 amide bonds. The Morgan fingerprint density at radius 2 is 1.76 bits per heavy atom. The van der Waals surface area contributed by atoms with Crippen LogP contribution in [-0.2, 0) is 32.0 Å². The van der Waals surface area contributed by atoms with Gasteiger partial charge in [-0.1, -0.05) is 6.07 Å². The molecule has 5 aliphatic rings. The van der Waals surface area contributed by atoms with Gasteiger partial charge in [-0.05, 0) is 70.1 Å². The van der Waals surface area contributed by atoms with Gasteiger partial charge in [-0.3, -0.25) is 15.0 Å². The number of ether oxygens (including phenoxy) is 6. The van der Waals surface area contributed by atoms with Crippen LogP contribution < -0.4 is 29.0 Å². The van der Waals surface area contributed by atoms with Gasteiger partial charge in [0.05, 0.1) is 37.1 Å². The molecular weight excluding hydrogens is 719 g/mol. The van der Waals surface area contributed by atoms with E-state index < -0.39 is 45.9 Å². The number of phenols is 2. The predicted molar refractivity (Wildman–Crippen MR) is 196 cm³/mol. The second kappa shape index (κ2) is 12.8. The molecule has 0 saturated heterocycles. The lowest BCUT2D eigenvalue weighted by atomic mass is 9.72. The lowest BCUT2D eigenvalue weighted by Gasteiger charge is -2.59. The third-order valence-corrected chi connectivity index (χ3v) is 13.5. The number of likely N-dealkylation sites (N-methyl/N-ethyl adjacent to an activating group) is 1. The van der Waals surface area contributed by atoms with E-state index in [0.29, 0.717) is 63.6 Å². The molecule has 8 rings (SSSR count). The number of hydrogen-bond acceptors (Lipinski definition) is 15. The molecule has 4 N–H and O–H groups in total. The van der Waals surface area contributed by atoms with Crippen LogP contribution in [0.25, 0.3) is 0 Å². The van der Waals surface area contributed by atoms with E-state index in [0.717, 1.165) is 11.1 Å². The summed E-state index contributed by atoms with van der Waals surface area (Å²) in [5.41, 5.74) is 3.75. The smallest absolute Gasteiger partial charge is 0.341 e. The molecule has 288 valence electrons. The van der Waals surface area contributed by atoms with Crippen molar-refractivity contribution in [3.05, 3.63) is 62.7 Å². The van der Waals surface area contributed by atoms with Crippen molar-refractivity contribution in [2.45, 2.75) is 74.5 Å². The molecule has 6 atom stereocenters. The first-order chi connectivity index (χ1) is 25.7. The molecule has 15 heteroatoms. The summed E-state index contributed by atoms with van der Waals surface area (Å²) in [7, 11) is 6.77. The number of fused-ring (bicyclic) bond motifs is 7. The van der Waals surface area contributed by atoms with Crippen molar-refractivity contribution in [2.24, 2.45) is 0 Å². The molecule has 3 aromatic rings. The van der Waals surface area contributed by atoms with Crippen LogP contribution in [0.5, 0.6) is 40.2 Å². The lowest BCUT2D eigenvalue weighted by molar-refractivity contribution is -0.159. The average molecular weight is 764 g/mol. The molecule has 1 spiro atoms. The van der Waals surface area contributed by atoms with Gasteiger partial charge in [0.2, 0.25) is 6.79 Å². The predicted octanol–water partition coefficient (Wildman–Crippen LogP) is 4.01. The average Bonchev–Trinajstić information content (AvgIpc) is 3.59. The number of phenolic OH excluding ortho intramolecular Hbond substituents is 2. The van der Waals surface area contributed by atoms with E-state index in [1.165, 1.54) is 32.9 Å². The lowest BCUT2D eigenvalue weighted by Crippen LogP contribution is -2.64. The maximum absolute atomic E-state index is 14.9. The number of nitrogens with zero attached hydrogens (tertiary/aromatic N) is 2. The van der Waals surface area contributed by atoms with Crippen LogP contribution in [0.4, 0.5) is 0 Å². The third-order valence-electron chi connectivity index (χ3n) is 11.7. The van der Waals surface area contributed by atoms with Gasteiger partial charge in [0.25, 0.3) is 0 Å². The quantitative estimate of drug-likeness (QED) is 0.222. The van der Waals surface area contributed by atoms with Crippen molar-refractivity contribution in [1.29, 1.82) is 0 Å². The van der Waals surface area contributed by atoms with Crippen LogP contribution in [0.3, 0.4) is 0 Å². The number of methoxy groups -OCH3 is 2. The number of benzene rings is 3. The number of esters is 2. The van der Waals surface area contributed by atoms with Crippen molar-refractivity contribution < 1.29 is 53.3 Å². The van der Waals surface area contributed by atoms with Crippen molar-refractivity contribution in [1.82, 2.24) is 15.1 Å². The summed E-state index contributed by atoms with van der Waals surface area (Å²) in [4.78, 5) is 30.3. The monoisotopic (exact) mass is 763 g/mol. The molecule has 2 bridgehead atoms. The van der Waals surface area contributed by atoms with Gasteiger partial charge in [0.15, 0.2) is 39.4 Å². The summed E-state index contributed by atoms with van der Waals surface area (Å²) in [5.74, 6) is 0.332. The number of aromatic hydroxyl groups is 2. The van der Waals surface area contributed by atoms with Crippen LogP contribution in [-0.4, -0.2) is 97.1 Å².